The molecule has 42 heavy (non-hydrogen) atoms. The molecule has 1 fully saturated rings. The molecule has 0 aromatic heterocycles. The van der Waals surface area contributed by atoms with Gasteiger partial charge in [0, 0.05) is 30.4 Å². The van der Waals surface area contributed by atoms with Gasteiger partial charge in [-0.15, -0.1) is 0 Å². The van der Waals surface area contributed by atoms with Gasteiger partial charge in [0.25, 0.3) is 6.43 Å². The van der Waals surface area contributed by atoms with Gasteiger partial charge in [-0.3, -0.25) is 4.90 Å². The molecule has 8 heteroatoms. The monoisotopic (exact) mass is 583 g/mol. The molecule has 226 valence electrons. The van der Waals surface area contributed by atoms with Gasteiger partial charge in [-0.2, -0.15) is 0 Å². The Morgan fingerprint density at radius 3 is 2.36 bits per heavy atom. The van der Waals surface area contributed by atoms with Gasteiger partial charge in [-0.25, -0.2) is 17.6 Å². The number of nitrogens with one attached hydrogen (secondary N) is 1. The molecular weight excluding hydrogens is 542 g/mol. The number of fused-ring (bicyclic) bond motifs is 1. The van der Waals surface area contributed by atoms with Gasteiger partial charge in [-0.05, 0) is 86.7 Å². The molecule has 3 aromatic rings. The van der Waals surface area contributed by atoms with E-state index in [1.165, 1.54) is 17.0 Å². The third-order valence-electron chi connectivity index (χ3n) is 8.43. The zero-order valence-corrected chi connectivity index (χ0v) is 24.3. The zero-order chi connectivity index (χ0) is 29.5. The predicted molar refractivity (Wildman–Crippen MR) is 159 cm³/mol. The highest BCUT2D eigenvalue weighted by Gasteiger charge is 2.38. The van der Waals surface area contributed by atoms with Crippen molar-refractivity contribution in [3.63, 3.8) is 0 Å². The Bertz CT molecular complexity index is 1270. The largest absolute Gasteiger partial charge is 0.489 e. The highest BCUT2D eigenvalue weighted by molar-refractivity contribution is 5.52. The SMILES string of the molecule is C[C@@H]1Cc2cc(OCc3ccccc3)ccc2C(c2c(F)cc(N3CCCCCCNCCC3)cc2F)N1CC(F)F. The molecule has 0 aliphatic carbocycles. The van der Waals surface area contributed by atoms with Gasteiger partial charge < -0.3 is 15.0 Å². The van der Waals surface area contributed by atoms with Gasteiger partial charge in [0.2, 0.25) is 0 Å². The van der Waals surface area contributed by atoms with Crippen molar-refractivity contribution in [2.45, 2.75) is 70.6 Å². The maximum absolute atomic E-state index is 16.0. The highest BCUT2D eigenvalue weighted by atomic mass is 19.3. The lowest BCUT2D eigenvalue weighted by Gasteiger charge is -2.42. The number of halogens is 4. The second kappa shape index (κ2) is 14.4. The molecule has 4 nitrogen and oxygen atoms in total. The van der Waals surface area contributed by atoms with Crippen molar-refractivity contribution in [3.8, 4) is 5.75 Å². The van der Waals surface area contributed by atoms with E-state index >= 15 is 8.78 Å². The summed E-state index contributed by atoms with van der Waals surface area (Å²) in [6, 6.07) is 16.7. The zero-order valence-electron chi connectivity index (χ0n) is 24.3. The molecule has 5 rings (SSSR count). The first-order valence-corrected chi connectivity index (χ1v) is 15.2. The van der Waals surface area contributed by atoms with Crippen LogP contribution in [0.15, 0.2) is 60.7 Å². The maximum atomic E-state index is 16.0. The molecular formula is C34H41F4N3O. The minimum atomic E-state index is -2.64. The summed E-state index contributed by atoms with van der Waals surface area (Å²) in [4.78, 5) is 3.59. The molecule has 2 atom stereocenters. The average Bonchev–Trinajstić information content (AvgIpc) is 3.03. The van der Waals surface area contributed by atoms with Crippen LogP contribution < -0.4 is 15.0 Å². The van der Waals surface area contributed by atoms with Crippen LogP contribution in [0, 0.1) is 11.6 Å². The quantitative estimate of drug-likeness (QED) is 0.292. The fraction of sp³-hybridized carbons (Fsp3) is 0.471. The molecule has 0 bridgehead atoms. The smallest absolute Gasteiger partial charge is 0.251 e. The normalized spacial score (nSPS) is 20.7. The minimum absolute atomic E-state index is 0.176. The topological polar surface area (TPSA) is 27.7 Å². The number of nitrogens with zero attached hydrogens (tertiary/aromatic N) is 2. The number of hydrogen-bond donors (Lipinski definition) is 1. The Kier molecular flexibility index (Phi) is 10.4. The molecule has 1 N–H and O–H groups in total. The van der Waals surface area contributed by atoms with Gasteiger partial charge in [-0.1, -0.05) is 49.2 Å². The van der Waals surface area contributed by atoms with E-state index in [0.29, 0.717) is 36.6 Å². The van der Waals surface area contributed by atoms with E-state index in [1.807, 2.05) is 48.2 Å². The molecule has 2 aliphatic rings. The molecule has 0 spiro atoms. The molecule has 3 aromatic carbocycles. The van der Waals surface area contributed by atoms with E-state index in [2.05, 4.69) is 5.32 Å². The summed E-state index contributed by atoms with van der Waals surface area (Å²) < 4.78 is 65.7. The maximum Gasteiger partial charge on any atom is 0.251 e. The molecule has 0 saturated carbocycles. The first kappa shape index (κ1) is 30.4. The summed E-state index contributed by atoms with van der Waals surface area (Å²) >= 11 is 0. The summed E-state index contributed by atoms with van der Waals surface area (Å²) in [6.45, 7) is 4.92. The van der Waals surface area contributed by atoms with Crippen molar-refractivity contribution in [3.05, 3.63) is 94.6 Å². The van der Waals surface area contributed by atoms with Crippen LogP contribution in [0.5, 0.6) is 5.75 Å². The average molecular weight is 584 g/mol. The Morgan fingerprint density at radius 1 is 0.881 bits per heavy atom. The Balaban J connectivity index is 1.46. The van der Waals surface area contributed by atoms with E-state index < -0.39 is 30.6 Å². The second-order valence-electron chi connectivity index (χ2n) is 11.5. The van der Waals surface area contributed by atoms with Crippen molar-refractivity contribution < 1.29 is 22.3 Å². The lowest BCUT2D eigenvalue weighted by Crippen LogP contribution is -2.45. The number of rotatable bonds is 7. The first-order chi connectivity index (χ1) is 20.4. The lowest BCUT2D eigenvalue weighted by molar-refractivity contribution is 0.0444. The summed E-state index contributed by atoms with van der Waals surface area (Å²) in [6.07, 6.45) is 2.99. The first-order valence-electron chi connectivity index (χ1n) is 15.2. The molecule has 0 amide bonds. The second-order valence-corrected chi connectivity index (χ2v) is 11.5. The Morgan fingerprint density at radius 2 is 1.60 bits per heavy atom. The van der Waals surface area contributed by atoms with Crippen LogP contribution in [0.4, 0.5) is 23.2 Å². The van der Waals surface area contributed by atoms with Crippen LogP contribution in [0.3, 0.4) is 0 Å². The van der Waals surface area contributed by atoms with E-state index in [4.69, 9.17) is 4.74 Å². The van der Waals surface area contributed by atoms with Crippen LogP contribution in [-0.2, 0) is 13.0 Å². The fourth-order valence-corrected chi connectivity index (χ4v) is 6.30. The summed E-state index contributed by atoms with van der Waals surface area (Å²) in [5.74, 6) is -0.770. The van der Waals surface area contributed by atoms with Crippen molar-refractivity contribution in [2.24, 2.45) is 0 Å². The summed E-state index contributed by atoms with van der Waals surface area (Å²) in [7, 11) is 0. The van der Waals surface area contributed by atoms with Crippen molar-refractivity contribution >= 4 is 5.69 Å². The van der Waals surface area contributed by atoms with E-state index in [1.54, 1.807) is 12.1 Å². The third kappa shape index (κ3) is 7.45. The molecule has 1 unspecified atom stereocenters. The summed E-state index contributed by atoms with van der Waals surface area (Å²) in [5, 5.41) is 3.43. The minimum Gasteiger partial charge on any atom is -0.489 e. The number of anilines is 1. The highest BCUT2D eigenvalue weighted by Crippen LogP contribution is 2.42. The predicted octanol–water partition coefficient (Wildman–Crippen LogP) is 7.51. The van der Waals surface area contributed by atoms with Crippen LogP contribution in [0.2, 0.25) is 0 Å². The number of alkyl halides is 2. The lowest BCUT2D eigenvalue weighted by atomic mass is 9.84. The van der Waals surface area contributed by atoms with Crippen molar-refractivity contribution in [1.29, 1.82) is 0 Å². The Hall–Kier alpha value is -3.10. The van der Waals surface area contributed by atoms with Gasteiger partial charge in [0.1, 0.15) is 24.0 Å². The molecule has 1 saturated heterocycles. The van der Waals surface area contributed by atoms with E-state index in [0.717, 1.165) is 62.9 Å². The van der Waals surface area contributed by atoms with Crippen LogP contribution in [0.25, 0.3) is 0 Å². The molecule has 2 heterocycles. The van der Waals surface area contributed by atoms with E-state index in [9.17, 15) is 8.78 Å². The molecule has 2 aliphatic heterocycles. The third-order valence-corrected chi connectivity index (χ3v) is 8.43. The standard InChI is InChI=1S/C34H41F4N3O/c1-24-18-26-19-28(42-23-25-10-5-4-6-11-25)12-13-29(26)34(41(24)22-32(37)38)33-30(35)20-27(21-31(33)36)40-16-8-3-2-7-14-39-15-9-17-40/h4-6,10-13,19-21,24,32,34,39H,2-3,7-9,14-18,22-23H2,1H3/t24-,34?/m1/s1. The number of benzene rings is 3. The number of hydrogen-bond acceptors (Lipinski definition) is 4. The van der Waals surface area contributed by atoms with Crippen molar-refractivity contribution in [2.75, 3.05) is 37.6 Å². The van der Waals surface area contributed by atoms with E-state index in [-0.39, 0.29) is 11.6 Å². The fourth-order valence-electron chi connectivity index (χ4n) is 6.30. The number of ether oxygens (including phenoxy) is 1. The summed E-state index contributed by atoms with van der Waals surface area (Å²) in [5.41, 5.74) is 2.83. The van der Waals surface area contributed by atoms with Gasteiger partial charge in [0.15, 0.2) is 0 Å². The molecule has 0 radical (unpaired) electrons. The van der Waals surface area contributed by atoms with Gasteiger partial charge in [0.05, 0.1) is 12.6 Å². The van der Waals surface area contributed by atoms with Crippen LogP contribution >= 0.6 is 0 Å². The van der Waals surface area contributed by atoms with Gasteiger partial charge >= 0.3 is 0 Å². The van der Waals surface area contributed by atoms with Crippen molar-refractivity contribution in [1.82, 2.24) is 10.2 Å². The Labute approximate surface area is 246 Å². The van der Waals surface area contributed by atoms with Crippen LogP contribution in [0.1, 0.15) is 67.3 Å². The van der Waals surface area contributed by atoms with Crippen LogP contribution in [-0.4, -0.2) is 50.1 Å².